The number of hydrogen-bond acceptors (Lipinski definition) is 4. The van der Waals surface area contributed by atoms with Crippen molar-refractivity contribution < 1.29 is 0 Å². The molecular formula is C19H24BrIN6S. The van der Waals surface area contributed by atoms with E-state index in [0.717, 1.165) is 42.6 Å². The Bertz CT molecular complexity index is 901. The molecular weight excluding hydrogens is 551 g/mol. The minimum atomic E-state index is 0. The number of halogens is 2. The summed E-state index contributed by atoms with van der Waals surface area (Å²) in [5.74, 6) is 2.74. The first-order chi connectivity index (χ1) is 13.3. The van der Waals surface area contributed by atoms with E-state index in [-0.39, 0.29) is 24.0 Å². The fourth-order valence-electron chi connectivity index (χ4n) is 2.57. The highest BCUT2D eigenvalue weighted by atomic mass is 127. The Hall–Kier alpha value is -1.33. The summed E-state index contributed by atoms with van der Waals surface area (Å²) in [5, 5.41) is 15.0. The Kier molecular flexibility index (Phi) is 10.1. The number of pyridine rings is 1. The first kappa shape index (κ1) is 23.0. The van der Waals surface area contributed by atoms with Gasteiger partial charge in [-0.15, -0.1) is 45.9 Å². The van der Waals surface area contributed by atoms with Gasteiger partial charge < -0.3 is 10.6 Å². The fraction of sp³-hybridized carbons (Fsp3) is 0.316. The van der Waals surface area contributed by atoms with E-state index in [4.69, 9.17) is 0 Å². The number of unbranched alkanes of at least 4 members (excludes halogenated alkanes) is 1. The molecule has 0 aliphatic heterocycles. The lowest BCUT2D eigenvalue weighted by Crippen LogP contribution is -2.37. The zero-order valence-electron chi connectivity index (χ0n) is 15.6. The maximum atomic E-state index is 4.27. The summed E-state index contributed by atoms with van der Waals surface area (Å²) < 4.78 is 3.14. The molecule has 0 amide bonds. The van der Waals surface area contributed by atoms with Crippen molar-refractivity contribution in [3.63, 3.8) is 0 Å². The van der Waals surface area contributed by atoms with E-state index in [1.807, 2.05) is 46.6 Å². The van der Waals surface area contributed by atoms with Gasteiger partial charge in [0.05, 0.1) is 6.54 Å². The first-order valence-corrected chi connectivity index (χ1v) is 10.7. The zero-order valence-corrected chi connectivity index (χ0v) is 20.4. The van der Waals surface area contributed by atoms with E-state index in [9.17, 15) is 0 Å². The predicted molar refractivity (Wildman–Crippen MR) is 131 cm³/mol. The Morgan fingerprint density at radius 1 is 1.11 bits per heavy atom. The molecule has 9 heteroatoms. The minimum Gasteiger partial charge on any atom is -0.356 e. The molecule has 2 N–H and O–H groups in total. The summed E-state index contributed by atoms with van der Waals surface area (Å²) in [6, 6.07) is 14.2. The van der Waals surface area contributed by atoms with Gasteiger partial charge in [0.25, 0.3) is 0 Å². The van der Waals surface area contributed by atoms with Crippen molar-refractivity contribution in [3.05, 3.63) is 59.0 Å². The zero-order chi connectivity index (χ0) is 18.9. The van der Waals surface area contributed by atoms with Crippen LogP contribution in [0.15, 0.2) is 63.0 Å². The Morgan fingerprint density at radius 3 is 2.75 bits per heavy atom. The van der Waals surface area contributed by atoms with Gasteiger partial charge >= 0.3 is 0 Å². The highest BCUT2D eigenvalue weighted by Crippen LogP contribution is 2.27. The van der Waals surface area contributed by atoms with Gasteiger partial charge in [-0.25, -0.2) is 0 Å². The summed E-state index contributed by atoms with van der Waals surface area (Å²) >= 11 is 5.47. The summed E-state index contributed by atoms with van der Waals surface area (Å²) in [6.07, 6.45) is 4.20. The van der Waals surface area contributed by atoms with Crippen LogP contribution in [0.2, 0.25) is 0 Å². The topological polar surface area (TPSA) is 66.6 Å². The number of benzene rings is 1. The molecule has 3 rings (SSSR count). The monoisotopic (exact) mass is 574 g/mol. The van der Waals surface area contributed by atoms with E-state index in [2.05, 4.69) is 60.0 Å². The number of fused-ring (bicyclic) bond motifs is 1. The first-order valence-electron chi connectivity index (χ1n) is 8.88. The molecule has 3 aromatic rings. The van der Waals surface area contributed by atoms with Gasteiger partial charge in [0.15, 0.2) is 17.4 Å². The second-order valence-corrected chi connectivity index (χ2v) is 7.87. The fourth-order valence-corrected chi connectivity index (χ4v) is 4.15. The predicted octanol–water partition coefficient (Wildman–Crippen LogP) is 4.35. The van der Waals surface area contributed by atoms with Crippen LogP contribution in [0.5, 0.6) is 0 Å². The third-order valence-electron chi connectivity index (χ3n) is 3.98. The summed E-state index contributed by atoms with van der Waals surface area (Å²) in [4.78, 5) is 5.56. The van der Waals surface area contributed by atoms with Crippen molar-refractivity contribution in [2.75, 3.05) is 19.3 Å². The van der Waals surface area contributed by atoms with Crippen molar-refractivity contribution in [3.8, 4) is 0 Å². The highest BCUT2D eigenvalue weighted by Gasteiger charge is 2.05. The molecule has 0 radical (unpaired) electrons. The maximum absolute atomic E-state index is 4.27. The lowest BCUT2D eigenvalue weighted by Gasteiger charge is -2.11. The third kappa shape index (κ3) is 6.63. The molecule has 0 spiro atoms. The number of aromatic nitrogens is 3. The van der Waals surface area contributed by atoms with Crippen LogP contribution in [0.3, 0.4) is 0 Å². The highest BCUT2D eigenvalue weighted by molar-refractivity contribution is 14.0. The van der Waals surface area contributed by atoms with Crippen LogP contribution >= 0.6 is 51.7 Å². The van der Waals surface area contributed by atoms with E-state index in [1.165, 1.54) is 9.37 Å². The van der Waals surface area contributed by atoms with Crippen molar-refractivity contribution >= 4 is 63.3 Å². The van der Waals surface area contributed by atoms with Crippen molar-refractivity contribution in [1.29, 1.82) is 0 Å². The Morgan fingerprint density at radius 2 is 1.93 bits per heavy atom. The van der Waals surface area contributed by atoms with Gasteiger partial charge in [0.2, 0.25) is 0 Å². The minimum absolute atomic E-state index is 0. The number of nitrogens with one attached hydrogen (secondary N) is 2. The molecule has 1 aromatic carbocycles. The maximum Gasteiger partial charge on any atom is 0.191 e. The summed E-state index contributed by atoms with van der Waals surface area (Å²) in [5.41, 5.74) is 0.847. The largest absolute Gasteiger partial charge is 0.356 e. The Labute approximate surface area is 195 Å². The van der Waals surface area contributed by atoms with Gasteiger partial charge in [0.1, 0.15) is 0 Å². The SMILES string of the molecule is CN=C(NCCCCSc1ccccc1Br)NCc1nnc2ccccn12.I. The lowest BCUT2D eigenvalue weighted by atomic mass is 10.3. The molecule has 150 valence electrons. The normalized spacial score (nSPS) is 11.3. The van der Waals surface area contributed by atoms with Crippen LogP contribution in [0.25, 0.3) is 5.65 Å². The van der Waals surface area contributed by atoms with E-state index in [1.54, 1.807) is 7.05 Å². The molecule has 0 saturated carbocycles. The number of nitrogens with zero attached hydrogens (tertiary/aromatic N) is 4. The van der Waals surface area contributed by atoms with Gasteiger partial charge in [-0.2, -0.15) is 0 Å². The van der Waals surface area contributed by atoms with Gasteiger partial charge in [0, 0.05) is 29.2 Å². The molecule has 2 heterocycles. The van der Waals surface area contributed by atoms with Gasteiger partial charge in [-0.05, 0) is 58.8 Å². The van der Waals surface area contributed by atoms with Gasteiger partial charge in [-0.3, -0.25) is 9.39 Å². The quantitative estimate of drug-likeness (QED) is 0.138. The molecule has 0 saturated heterocycles. The number of rotatable bonds is 8. The van der Waals surface area contributed by atoms with Crippen LogP contribution < -0.4 is 10.6 Å². The van der Waals surface area contributed by atoms with Crippen LogP contribution in [0.4, 0.5) is 0 Å². The average molecular weight is 575 g/mol. The number of guanidine groups is 1. The molecule has 2 aromatic heterocycles. The van der Waals surface area contributed by atoms with Crippen LogP contribution in [-0.2, 0) is 6.54 Å². The smallest absolute Gasteiger partial charge is 0.191 e. The Balaban J connectivity index is 0.00000280. The molecule has 0 fully saturated rings. The lowest BCUT2D eigenvalue weighted by molar-refractivity contribution is 0.720. The van der Waals surface area contributed by atoms with Crippen LogP contribution in [0, 0.1) is 0 Å². The van der Waals surface area contributed by atoms with Crippen LogP contribution in [0.1, 0.15) is 18.7 Å². The van der Waals surface area contributed by atoms with Crippen LogP contribution in [-0.4, -0.2) is 39.9 Å². The summed E-state index contributed by atoms with van der Waals surface area (Å²) in [6.45, 7) is 1.46. The molecule has 0 aliphatic carbocycles. The third-order valence-corrected chi connectivity index (χ3v) is 6.09. The second kappa shape index (κ2) is 12.3. The van der Waals surface area contributed by atoms with Crippen molar-refractivity contribution in [2.24, 2.45) is 4.99 Å². The summed E-state index contributed by atoms with van der Waals surface area (Å²) in [7, 11) is 1.78. The second-order valence-electron chi connectivity index (χ2n) is 5.88. The molecule has 0 bridgehead atoms. The molecule has 6 nitrogen and oxygen atoms in total. The van der Waals surface area contributed by atoms with E-state index >= 15 is 0 Å². The molecule has 0 atom stereocenters. The van der Waals surface area contributed by atoms with E-state index in [0.29, 0.717) is 6.54 Å². The molecule has 0 unspecified atom stereocenters. The number of aliphatic imine (C=N–C) groups is 1. The number of hydrogen-bond donors (Lipinski definition) is 2. The average Bonchev–Trinajstić information content (AvgIpc) is 3.11. The molecule has 0 aliphatic rings. The van der Waals surface area contributed by atoms with Gasteiger partial charge in [-0.1, -0.05) is 18.2 Å². The van der Waals surface area contributed by atoms with Crippen molar-refractivity contribution in [2.45, 2.75) is 24.3 Å². The number of thioether (sulfide) groups is 1. The standard InChI is InChI=1S/C19H23BrN6S.HI/c1-21-19(23-14-18-25-24-17-10-4-6-12-26(17)18)22-11-5-7-13-27-16-9-3-2-8-15(16)20;/h2-4,6,8-10,12H,5,7,11,13-14H2,1H3,(H2,21,22,23);1H. The van der Waals surface area contributed by atoms with E-state index < -0.39 is 0 Å². The molecule has 28 heavy (non-hydrogen) atoms. The van der Waals surface area contributed by atoms with Crippen molar-refractivity contribution in [1.82, 2.24) is 25.2 Å².